The Morgan fingerprint density at radius 2 is 2.00 bits per heavy atom. The van der Waals surface area contributed by atoms with E-state index in [0.29, 0.717) is 17.3 Å². The summed E-state index contributed by atoms with van der Waals surface area (Å²) in [4.78, 5) is 2.00. The second-order valence-corrected chi connectivity index (χ2v) is 8.89. The van der Waals surface area contributed by atoms with Gasteiger partial charge >= 0.3 is 0 Å². The lowest BCUT2D eigenvalue weighted by molar-refractivity contribution is 0.199. The molecule has 0 spiro atoms. The molecule has 7 heteroatoms. The van der Waals surface area contributed by atoms with Crippen molar-refractivity contribution in [3.05, 3.63) is 17.0 Å². The minimum atomic E-state index is -3.42. The summed E-state index contributed by atoms with van der Waals surface area (Å²) in [5, 5.41) is 5.17. The number of likely N-dealkylation sites (N-methyl/N-ethyl adjacent to an activating group) is 1. The average Bonchev–Trinajstić information content (AvgIpc) is 2.86. The first-order valence-corrected chi connectivity index (χ1v) is 9.50. The van der Waals surface area contributed by atoms with Crippen LogP contribution < -0.4 is 10.0 Å². The molecule has 0 aliphatic carbocycles. The molecule has 1 rings (SSSR count). The van der Waals surface area contributed by atoms with Crippen LogP contribution in [0.5, 0.6) is 0 Å². The van der Waals surface area contributed by atoms with E-state index in [-0.39, 0.29) is 5.54 Å². The lowest BCUT2D eigenvalue weighted by Gasteiger charge is -2.32. The Bertz CT molecular complexity index is 536. The number of hydrogen-bond donors (Lipinski definition) is 2. The van der Waals surface area contributed by atoms with Crippen molar-refractivity contribution < 1.29 is 8.42 Å². The van der Waals surface area contributed by atoms with Crippen molar-refractivity contribution in [2.24, 2.45) is 0 Å². The Labute approximate surface area is 132 Å². The number of sulfonamides is 1. The maximum atomic E-state index is 12.3. The minimum Gasteiger partial charge on any atom is -0.313 e. The molecule has 0 saturated heterocycles. The van der Waals surface area contributed by atoms with E-state index in [1.165, 1.54) is 11.3 Å². The largest absolute Gasteiger partial charge is 0.313 e. The van der Waals surface area contributed by atoms with E-state index in [4.69, 9.17) is 0 Å². The van der Waals surface area contributed by atoms with Crippen molar-refractivity contribution in [2.75, 3.05) is 27.2 Å². The zero-order valence-corrected chi connectivity index (χ0v) is 15.2. The fourth-order valence-electron chi connectivity index (χ4n) is 1.50. The van der Waals surface area contributed by atoms with Gasteiger partial charge < -0.3 is 10.2 Å². The van der Waals surface area contributed by atoms with Crippen LogP contribution >= 0.6 is 11.3 Å². The van der Waals surface area contributed by atoms with Gasteiger partial charge in [0.05, 0.1) is 0 Å². The zero-order chi connectivity index (χ0) is 16.1. The third-order valence-electron chi connectivity index (χ3n) is 3.56. The molecule has 0 saturated carbocycles. The number of nitrogens with zero attached hydrogens (tertiary/aromatic N) is 1. The van der Waals surface area contributed by atoms with Crippen LogP contribution in [0.15, 0.2) is 15.7 Å². The van der Waals surface area contributed by atoms with Crippen LogP contribution in [-0.4, -0.2) is 46.0 Å². The minimum absolute atomic E-state index is 0.226. The molecule has 5 nitrogen and oxygen atoms in total. The first-order chi connectivity index (χ1) is 9.69. The standard InChI is InChI=1S/C14H27N3O2S2/c1-6-7-15-9-12-8-13(20-10-12)21(18,19)16-11-14(2,3)17(4)5/h8,10,15-16H,6-7,9,11H2,1-5H3. The number of rotatable bonds is 9. The highest BCUT2D eigenvalue weighted by Crippen LogP contribution is 2.20. The molecule has 0 aromatic carbocycles. The van der Waals surface area contributed by atoms with E-state index in [2.05, 4.69) is 17.0 Å². The van der Waals surface area contributed by atoms with Gasteiger partial charge in [-0.25, -0.2) is 13.1 Å². The Morgan fingerprint density at radius 1 is 1.33 bits per heavy atom. The predicted molar refractivity (Wildman–Crippen MR) is 89.3 cm³/mol. The molecule has 1 aromatic rings. The van der Waals surface area contributed by atoms with Crippen molar-refractivity contribution in [1.29, 1.82) is 0 Å². The average molecular weight is 334 g/mol. The van der Waals surface area contributed by atoms with Gasteiger partial charge in [-0.05, 0) is 57.9 Å². The van der Waals surface area contributed by atoms with E-state index in [1.54, 1.807) is 6.07 Å². The van der Waals surface area contributed by atoms with Crippen LogP contribution in [0.1, 0.15) is 32.8 Å². The summed E-state index contributed by atoms with van der Waals surface area (Å²) in [6, 6.07) is 1.75. The van der Waals surface area contributed by atoms with Crippen molar-refractivity contribution in [2.45, 2.75) is 43.5 Å². The highest BCUT2D eigenvalue weighted by atomic mass is 32.2. The van der Waals surface area contributed by atoms with E-state index < -0.39 is 10.0 Å². The number of thiophene rings is 1. The predicted octanol–water partition coefficient (Wildman–Crippen LogP) is 1.87. The molecule has 0 bridgehead atoms. The second kappa shape index (κ2) is 7.69. The lowest BCUT2D eigenvalue weighted by atomic mass is 10.1. The monoisotopic (exact) mass is 333 g/mol. The fraction of sp³-hybridized carbons (Fsp3) is 0.714. The normalized spacial score (nSPS) is 13.0. The second-order valence-electron chi connectivity index (χ2n) is 5.98. The summed E-state index contributed by atoms with van der Waals surface area (Å²) in [7, 11) is 0.460. The van der Waals surface area contributed by atoms with Crippen molar-refractivity contribution in [3.63, 3.8) is 0 Å². The highest BCUT2D eigenvalue weighted by molar-refractivity contribution is 7.91. The van der Waals surface area contributed by atoms with Crippen LogP contribution in [0.25, 0.3) is 0 Å². The molecule has 0 radical (unpaired) electrons. The maximum Gasteiger partial charge on any atom is 0.250 e. The first kappa shape index (κ1) is 18.6. The van der Waals surface area contributed by atoms with Gasteiger partial charge in [0, 0.05) is 18.6 Å². The molecule has 0 aliphatic rings. The van der Waals surface area contributed by atoms with E-state index >= 15 is 0 Å². The molecule has 0 amide bonds. The van der Waals surface area contributed by atoms with E-state index in [0.717, 1.165) is 18.5 Å². The molecular weight excluding hydrogens is 306 g/mol. The molecule has 21 heavy (non-hydrogen) atoms. The van der Waals surface area contributed by atoms with Crippen molar-refractivity contribution in [3.8, 4) is 0 Å². The van der Waals surface area contributed by atoms with Gasteiger partial charge in [0.2, 0.25) is 10.0 Å². The van der Waals surface area contributed by atoms with Gasteiger partial charge in [0.1, 0.15) is 4.21 Å². The molecular formula is C14H27N3O2S2. The summed E-state index contributed by atoms with van der Waals surface area (Å²) in [5.41, 5.74) is 0.788. The Kier molecular flexibility index (Phi) is 6.80. The molecule has 0 unspecified atom stereocenters. The van der Waals surface area contributed by atoms with Gasteiger partial charge in [-0.1, -0.05) is 6.92 Å². The lowest BCUT2D eigenvalue weighted by Crippen LogP contribution is -2.48. The van der Waals surface area contributed by atoms with Gasteiger partial charge in [0.25, 0.3) is 0 Å². The van der Waals surface area contributed by atoms with Crippen LogP contribution in [-0.2, 0) is 16.6 Å². The Morgan fingerprint density at radius 3 is 2.57 bits per heavy atom. The van der Waals surface area contributed by atoms with Gasteiger partial charge in [-0.3, -0.25) is 0 Å². The SMILES string of the molecule is CCCNCc1csc(S(=O)(=O)NCC(C)(C)N(C)C)c1. The van der Waals surface area contributed by atoms with E-state index in [1.807, 2.05) is 38.2 Å². The Balaban J connectivity index is 2.66. The summed E-state index contributed by atoms with van der Waals surface area (Å²) in [6.07, 6.45) is 1.07. The van der Waals surface area contributed by atoms with Crippen molar-refractivity contribution in [1.82, 2.24) is 14.9 Å². The van der Waals surface area contributed by atoms with Crippen LogP contribution in [0.3, 0.4) is 0 Å². The summed E-state index contributed by atoms with van der Waals surface area (Å²) in [6.45, 7) is 8.14. The Hall–Kier alpha value is -0.470. The van der Waals surface area contributed by atoms with Gasteiger partial charge in [-0.15, -0.1) is 11.3 Å². The molecule has 1 aromatic heterocycles. The third kappa shape index (κ3) is 5.67. The topological polar surface area (TPSA) is 61.4 Å². The molecule has 2 N–H and O–H groups in total. The number of hydrogen-bond acceptors (Lipinski definition) is 5. The van der Waals surface area contributed by atoms with Crippen molar-refractivity contribution >= 4 is 21.4 Å². The summed E-state index contributed by atoms with van der Waals surface area (Å²) < 4.78 is 27.7. The highest BCUT2D eigenvalue weighted by Gasteiger charge is 2.24. The smallest absolute Gasteiger partial charge is 0.250 e. The fourth-order valence-corrected chi connectivity index (χ4v) is 3.96. The first-order valence-electron chi connectivity index (χ1n) is 7.14. The molecule has 0 fully saturated rings. The van der Waals surface area contributed by atoms with Crippen LogP contribution in [0.2, 0.25) is 0 Å². The molecule has 122 valence electrons. The van der Waals surface area contributed by atoms with E-state index in [9.17, 15) is 8.42 Å². The molecule has 1 heterocycles. The van der Waals surface area contributed by atoms with Crippen LogP contribution in [0, 0.1) is 0 Å². The quantitative estimate of drug-likeness (QED) is 0.677. The van der Waals surface area contributed by atoms with Gasteiger partial charge in [-0.2, -0.15) is 0 Å². The number of nitrogens with one attached hydrogen (secondary N) is 2. The maximum absolute atomic E-state index is 12.3. The van der Waals surface area contributed by atoms with Gasteiger partial charge in [0.15, 0.2) is 0 Å². The molecule has 0 atom stereocenters. The summed E-state index contributed by atoms with van der Waals surface area (Å²) in [5.74, 6) is 0. The zero-order valence-electron chi connectivity index (χ0n) is 13.6. The summed E-state index contributed by atoms with van der Waals surface area (Å²) >= 11 is 1.27. The molecule has 0 aliphatic heterocycles. The third-order valence-corrected chi connectivity index (χ3v) is 6.45. The van der Waals surface area contributed by atoms with Crippen LogP contribution in [0.4, 0.5) is 0 Å².